The summed E-state index contributed by atoms with van der Waals surface area (Å²) in [5.74, 6) is 1.43. The quantitative estimate of drug-likeness (QED) is 0.452. The van der Waals surface area contributed by atoms with Gasteiger partial charge < -0.3 is 9.64 Å². The minimum Gasteiger partial charge on any atom is -0.481 e. The van der Waals surface area contributed by atoms with Gasteiger partial charge in [-0.05, 0) is 13.0 Å². The van der Waals surface area contributed by atoms with Crippen molar-refractivity contribution in [3.8, 4) is 5.88 Å². The van der Waals surface area contributed by atoms with Crippen LogP contribution in [-0.2, 0) is 0 Å². The number of ether oxygens (including phenoxy) is 1. The molecule has 1 aliphatic heterocycles. The summed E-state index contributed by atoms with van der Waals surface area (Å²) in [6.07, 6.45) is 0.957. The van der Waals surface area contributed by atoms with E-state index in [1.165, 1.54) is 19.2 Å². The fourth-order valence-electron chi connectivity index (χ4n) is 2.38. The van der Waals surface area contributed by atoms with Crippen LogP contribution in [0.1, 0.15) is 6.42 Å². The molecule has 0 amide bonds. The summed E-state index contributed by atoms with van der Waals surface area (Å²) in [7, 11) is 1.50. The van der Waals surface area contributed by atoms with Crippen LogP contribution in [0.15, 0.2) is 12.1 Å². The van der Waals surface area contributed by atoms with E-state index in [1.54, 1.807) is 0 Å². The van der Waals surface area contributed by atoms with Crippen LogP contribution in [0.5, 0.6) is 5.88 Å². The zero-order chi connectivity index (χ0) is 15.2. The van der Waals surface area contributed by atoms with Gasteiger partial charge in [-0.2, -0.15) is 4.98 Å². The standard InChI is InChI=1S/C13H19ClN4O3/c1-21-12-4-3-11(18(19)20)13(15-12)17-9-7-16(8-10-17)6-2-5-14/h3-4H,2,5-10H2,1H3. The van der Waals surface area contributed by atoms with Crippen molar-refractivity contribution in [1.82, 2.24) is 9.88 Å². The van der Waals surface area contributed by atoms with Crippen molar-refractivity contribution in [3.63, 3.8) is 0 Å². The minimum atomic E-state index is -0.401. The highest BCUT2D eigenvalue weighted by Gasteiger charge is 2.25. The van der Waals surface area contributed by atoms with E-state index in [0.29, 0.717) is 30.7 Å². The van der Waals surface area contributed by atoms with Crippen molar-refractivity contribution in [2.24, 2.45) is 0 Å². The Balaban J connectivity index is 2.09. The molecule has 1 fully saturated rings. The summed E-state index contributed by atoms with van der Waals surface area (Å²) in [5, 5.41) is 11.1. The molecular formula is C13H19ClN4O3. The molecule has 1 aromatic rings. The van der Waals surface area contributed by atoms with Crippen molar-refractivity contribution in [3.05, 3.63) is 22.2 Å². The highest BCUT2D eigenvalue weighted by Crippen LogP contribution is 2.29. The lowest BCUT2D eigenvalue weighted by Crippen LogP contribution is -2.47. The van der Waals surface area contributed by atoms with Crippen LogP contribution < -0.4 is 9.64 Å². The Labute approximate surface area is 128 Å². The zero-order valence-electron chi connectivity index (χ0n) is 12.0. The molecule has 0 saturated carbocycles. The van der Waals surface area contributed by atoms with E-state index in [-0.39, 0.29) is 5.69 Å². The minimum absolute atomic E-state index is 0.0185. The summed E-state index contributed by atoms with van der Waals surface area (Å²) in [6, 6.07) is 2.96. The number of aromatic nitrogens is 1. The van der Waals surface area contributed by atoms with Gasteiger partial charge in [-0.15, -0.1) is 11.6 Å². The normalized spacial score (nSPS) is 16.0. The summed E-state index contributed by atoms with van der Waals surface area (Å²) in [6.45, 7) is 4.09. The van der Waals surface area contributed by atoms with E-state index >= 15 is 0 Å². The molecule has 7 nitrogen and oxygen atoms in total. The van der Waals surface area contributed by atoms with Gasteiger partial charge >= 0.3 is 5.69 Å². The van der Waals surface area contributed by atoms with Crippen LogP contribution in [0, 0.1) is 10.1 Å². The Kier molecular flexibility index (Phi) is 5.58. The van der Waals surface area contributed by atoms with Crippen LogP contribution in [-0.4, -0.2) is 60.5 Å². The topological polar surface area (TPSA) is 71.7 Å². The lowest BCUT2D eigenvalue weighted by Gasteiger charge is -2.35. The van der Waals surface area contributed by atoms with Gasteiger partial charge in [0.15, 0.2) is 0 Å². The average molecular weight is 315 g/mol. The third-order valence-electron chi connectivity index (χ3n) is 3.51. The summed E-state index contributed by atoms with van der Waals surface area (Å²) < 4.78 is 5.07. The van der Waals surface area contributed by atoms with Gasteiger partial charge in [0.2, 0.25) is 11.7 Å². The molecule has 0 N–H and O–H groups in total. The first-order valence-corrected chi connectivity index (χ1v) is 7.42. The van der Waals surface area contributed by atoms with Gasteiger partial charge in [0.1, 0.15) is 0 Å². The molecule has 0 bridgehead atoms. The van der Waals surface area contributed by atoms with E-state index in [0.717, 1.165) is 26.1 Å². The molecule has 0 radical (unpaired) electrons. The van der Waals surface area contributed by atoms with Gasteiger partial charge in [-0.1, -0.05) is 0 Å². The fraction of sp³-hybridized carbons (Fsp3) is 0.615. The van der Waals surface area contributed by atoms with E-state index in [1.807, 2.05) is 4.90 Å². The summed E-state index contributed by atoms with van der Waals surface area (Å²) in [5.41, 5.74) is 0.0185. The first kappa shape index (κ1) is 15.8. The largest absolute Gasteiger partial charge is 0.481 e. The van der Waals surface area contributed by atoms with Gasteiger partial charge in [-0.25, -0.2) is 0 Å². The maximum absolute atomic E-state index is 11.1. The van der Waals surface area contributed by atoms with Crippen molar-refractivity contribution in [2.75, 3.05) is 50.6 Å². The number of anilines is 1. The summed E-state index contributed by atoms with van der Waals surface area (Å²) in [4.78, 5) is 19.2. The molecule has 1 aliphatic rings. The predicted octanol–water partition coefficient (Wildman–Crippen LogP) is 1.75. The number of rotatable bonds is 6. The second-order valence-electron chi connectivity index (χ2n) is 4.82. The number of nitro groups is 1. The average Bonchev–Trinajstić information content (AvgIpc) is 2.52. The molecule has 0 atom stereocenters. The molecule has 21 heavy (non-hydrogen) atoms. The maximum atomic E-state index is 11.1. The molecule has 1 aromatic heterocycles. The first-order valence-electron chi connectivity index (χ1n) is 6.88. The van der Waals surface area contributed by atoms with E-state index < -0.39 is 4.92 Å². The van der Waals surface area contributed by atoms with Crippen molar-refractivity contribution in [1.29, 1.82) is 0 Å². The second-order valence-corrected chi connectivity index (χ2v) is 5.20. The Morgan fingerprint density at radius 3 is 2.67 bits per heavy atom. The zero-order valence-corrected chi connectivity index (χ0v) is 12.8. The maximum Gasteiger partial charge on any atom is 0.311 e. The second kappa shape index (κ2) is 7.42. The van der Waals surface area contributed by atoms with E-state index in [4.69, 9.17) is 16.3 Å². The van der Waals surface area contributed by atoms with Gasteiger partial charge in [-0.3, -0.25) is 15.0 Å². The third kappa shape index (κ3) is 3.95. The fourth-order valence-corrected chi connectivity index (χ4v) is 2.50. The van der Waals surface area contributed by atoms with Crippen LogP contribution in [0.4, 0.5) is 11.5 Å². The van der Waals surface area contributed by atoms with E-state index in [2.05, 4.69) is 9.88 Å². The molecule has 2 rings (SSSR count). The van der Waals surface area contributed by atoms with Crippen LogP contribution >= 0.6 is 11.6 Å². The number of halogens is 1. The van der Waals surface area contributed by atoms with Crippen molar-refractivity contribution in [2.45, 2.75) is 6.42 Å². The third-order valence-corrected chi connectivity index (χ3v) is 3.78. The van der Waals surface area contributed by atoms with Crippen LogP contribution in [0.25, 0.3) is 0 Å². The van der Waals surface area contributed by atoms with Gasteiger partial charge in [0.25, 0.3) is 0 Å². The number of methoxy groups -OCH3 is 1. The molecule has 8 heteroatoms. The molecule has 0 aliphatic carbocycles. The van der Waals surface area contributed by atoms with Crippen LogP contribution in [0.3, 0.4) is 0 Å². The number of nitrogens with zero attached hydrogens (tertiary/aromatic N) is 4. The SMILES string of the molecule is COc1ccc([N+](=O)[O-])c(N2CCN(CCCCl)CC2)n1. The number of alkyl halides is 1. The Morgan fingerprint density at radius 1 is 1.38 bits per heavy atom. The van der Waals surface area contributed by atoms with Gasteiger partial charge in [0, 0.05) is 44.2 Å². The molecular weight excluding hydrogens is 296 g/mol. The molecule has 1 saturated heterocycles. The number of pyridine rings is 1. The first-order chi connectivity index (χ1) is 10.2. The monoisotopic (exact) mass is 314 g/mol. The lowest BCUT2D eigenvalue weighted by molar-refractivity contribution is -0.384. The Hall–Kier alpha value is -1.60. The number of piperazine rings is 1. The highest BCUT2D eigenvalue weighted by molar-refractivity contribution is 6.17. The molecule has 0 spiro atoms. The number of hydrogen-bond acceptors (Lipinski definition) is 6. The van der Waals surface area contributed by atoms with E-state index in [9.17, 15) is 10.1 Å². The lowest BCUT2D eigenvalue weighted by atomic mass is 10.2. The highest BCUT2D eigenvalue weighted by atomic mass is 35.5. The molecule has 116 valence electrons. The molecule has 0 unspecified atom stereocenters. The van der Waals surface area contributed by atoms with Crippen molar-refractivity contribution >= 4 is 23.1 Å². The predicted molar refractivity (Wildman–Crippen MR) is 81.4 cm³/mol. The van der Waals surface area contributed by atoms with Crippen LogP contribution in [0.2, 0.25) is 0 Å². The molecule has 0 aromatic carbocycles. The van der Waals surface area contributed by atoms with Crippen molar-refractivity contribution < 1.29 is 9.66 Å². The molecule has 2 heterocycles. The Bertz CT molecular complexity index is 492. The smallest absolute Gasteiger partial charge is 0.311 e. The van der Waals surface area contributed by atoms with Gasteiger partial charge in [0.05, 0.1) is 12.0 Å². The summed E-state index contributed by atoms with van der Waals surface area (Å²) >= 11 is 5.70. The Morgan fingerprint density at radius 2 is 2.10 bits per heavy atom. The number of hydrogen-bond donors (Lipinski definition) is 0.